The first-order valence-corrected chi connectivity index (χ1v) is 10.2. The minimum atomic E-state index is -0.327. The fraction of sp³-hybridized carbons (Fsp3) is 0.476. The number of rotatable bonds is 7. The van der Waals surface area contributed by atoms with Gasteiger partial charge in [0.15, 0.2) is 5.96 Å². The number of carbonyl (C=O) groups excluding carboxylic acids is 2. The van der Waals surface area contributed by atoms with Crippen LogP contribution in [0.15, 0.2) is 41.4 Å². The molecule has 0 unspecified atom stereocenters. The smallest absolute Gasteiger partial charge is 0.324 e. The molecule has 9 heteroatoms. The first-order valence-electron chi connectivity index (χ1n) is 10.2. The summed E-state index contributed by atoms with van der Waals surface area (Å²) in [4.78, 5) is 33.8. The molecular formula is C21H31IN6O2. The molecule has 3 rings (SSSR count). The Labute approximate surface area is 195 Å². The molecule has 1 aromatic carbocycles. The largest absolute Gasteiger partial charge is 0.357 e. The maximum atomic E-state index is 11.7. The molecule has 0 bridgehead atoms. The van der Waals surface area contributed by atoms with Crippen molar-refractivity contribution in [1.82, 2.24) is 25.3 Å². The molecule has 0 saturated carbocycles. The third-order valence-corrected chi connectivity index (χ3v) is 5.00. The lowest BCUT2D eigenvalue weighted by Crippen LogP contribution is -2.52. The number of carbonyl (C=O) groups is 2. The summed E-state index contributed by atoms with van der Waals surface area (Å²) in [7, 11) is 0. The van der Waals surface area contributed by atoms with Crippen molar-refractivity contribution in [3.63, 3.8) is 0 Å². The number of hydrogen-bond donors (Lipinski definition) is 2. The molecule has 2 fully saturated rings. The van der Waals surface area contributed by atoms with E-state index in [1.165, 1.54) is 10.5 Å². The van der Waals surface area contributed by atoms with Crippen LogP contribution in [-0.4, -0.2) is 91.5 Å². The Bertz CT molecular complexity index is 731. The van der Waals surface area contributed by atoms with Crippen LogP contribution >= 0.6 is 24.0 Å². The predicted octanol–water partition coefficient (Wildman–Crippen LogP) is 1.45. The SMILES string of the molecule is CCNC(=NCCN1C(=O)CNC1=O)N1CCN(C/C=C/c2ccccc2)CC1.I. The van der Waals surface area contributed by atoms with Gasteiger partial charge in [0.05, 0.1) is 19.6 Å². The van der Waals surface area contributed by atoms with E-state index in [2.05, 4.69) is 49.7 Å². The molecule has 2 N–H and O–H groups in total. The summed E-state index contributed by atoms with van der Waals surface area (Å²) in [5, 5.41) is 5.85. The number of aliphatic imine (C=N–C) groups is 1. The van der Waals surface area contributed by atoms with Crippen molar-refractivity contribution >= 4 is 48.0 Å². The second-order valence-electron chi connectivity index (χ2n) is 7.04. The maximum absolute atomic E-state index is 11.7. The molecule has 8 nitrogen and oxygen atoms in total. The molecule has 1 aromatic rings. The molecule has 3 amide bonds. The molecule has 2 aliphatic heterocycles. The number of nitrogens with one attached hydrogen (secondary N) is 2. The summed E-state index contributed by atoms with van der Waals surface area (Å²) >= 11 is 0. The van der Waals surface area contributed by atoms with Gasteiger partial charge in [0.2, 0.25) is 5.91 Å². The quantitative estimate of drug-likeness (QED) is 0.244. The number of urea groups is 1. The van der Waals surface area contributed by atoms with Crippen LogP contribution in [0.4, 0.5) is 4.79 Å². The minimum Gasteiger partial charge on any atom is -0.357 e. The summed E-state index contributed by atoms with van der Waals surface area (Å²) < 4.78 is 0. The van der Waals surface area contributed by atoms with Crippen molar-refractivity contribution in [3.8, 4) is 0 Å². The number of benzene rings is 1. The molecule has 2 saturated heterocycles. The van der Waals surface area contributed by atoms with Gasteiger partial charge < -0.3 is 15.5 Å². The Morgan fingerprint density at radius 2 is 1.90 bits per heavy atom. The molecule has 164 valence electrons. The minimum absolute atomic E-state index is 0. The Morgan fingerprint density at radius 3 is 2.53 bits per heavy atom. The van der Waals surface area contributed by atoms with Gasteiger partial charge >= 0.3 is 6.03 Å². The lowest BCUT2D eigenvalue weighted by atomic mass is 10.2. The number of hydrogen-bond acceptors (Lipinski definition) is 4. The monoisotopic (exact) mass is 526 g/mol. The topological polar surface area (TPSA) is 80.3 Å². The van der Waals surface area contributed by atoms with Crippen molar-refractivity contribution in [2.45, 2.75) is 6.92 Å². The van der Waals surface area contributed by atoms with Gasteiger partial charge in [0.25, 0.3) is 0 Å². The Kier molecular flexibility index (Phi) is 10.1. The third-order valence-electron chi connectivity index (χ3n) is 5.00. The van der Waals surface area contributed by atoms with Crippen LogP contribution in [0.2, 0.25) is 0 Å². The third kappa shape index (κ3) is 6.98. The van der Waals surface area contributed by atoms with Crippen molar-refractivity contribution < 1.29 is 9.59 Å². The van der Waals surface area contributed by atoms with Crippen LogP contribution in [0, 0.1) is 0 Å². The first kappa shape index (κ1) is 24.1. The molecule has 0 aromatic heterocycles. The van der Waals surface area contributed by atoms with Gasteiger partial charge in [-0.3, -0.25) is 19.6 Å². The fourth-order valence-electron chi connectivity index (χ4n) is 3.41. The number of guanidine groups is 1. The van der Waals surface area contributed by atoms with E-state index in [9.17, 15) is 9.59 Å². The van der Waals surface area contributed by atoms with Crippen molar-refractivity contribution in [3.05, 3.63) is 42.0 Å². The standard InChI is InChI=1S/C21H30N6O2.HI/c1-2-22-20(23-10-12-27-19(28)17-24-21(27)29)26-15-13-25(14-16-26)11-6-9-18-7-4-3-5-8-18;/h3-9H,2,10-17H2,1H3,(H,22,23)(H,24,29);1H/b9-6+;. The van der Waals surface area contributed by atoms with Crippen LogP contribution < -0.4 is 10.6 Å². The maximum Gasteiger partial charge on any atom is 0.324 e. The zero-order valence-electron chi connectivity index (χ0n) is 17.4. The molecule has 0 radical (unpaired) electrons. The summed E-state index contributed by atoms with van der Waals surface area (Å²) in [5.41, 5.74) is 1.22. The highest BCUT2D eigenvalue weighted by atomic mass is 127. The average Bonchev–Trinajstić information content (AvgIpc) is 3.06. The fourth-order valence-corrected chi connectivity index (χ4v) is 3.41. The summed E-state index contributed by atoms with van der Waals surface area (Å²) in [6, 6.07) is 10.0. The normalized spacial score (nSPS) is 18.0. The van der Waals surface area contributed by atoms with E-state index in [-0.39, 0.29) is 42.5 Å². The van der Waals surface area contributed by atoms with E-state index in [0.717, 1.165) is 45.2 Å². The Morgan fingerprint density at radius 1 is 1.17 bits per heavy atom. The van der Waals surface area contributed by atoms with Gasteiger partial charge in [0, 0.05) is 39.3 Å². The van der Waals surface area contributed by atoms with Gasteiger partial charge in [-0.25, -0.2) is 4.79 Å². The molecule has 30 heavy (non-hydrogen) atoms. The zero-order chi connectivity index (χ0) is 20.5. The molecule has 0 aliphatic carbocycles. The number of piperazine rings is 1. The van der Waals surface area contributed by atoms with E-state index < -0.39 is 0 Å². The number of halogens is 1. The second kappa shape index (κ2) is 12.5. The lowest BCUT2D eigenvalue weighted by molar-refractivity contribution is -0.124. The van der Waals surface area contributed by atoms with E-state index in [1.54, 1.807) is 0 Å². The molecular weight excluding hydrogens is 495 g/mol. The first-order chi connectivity index (χ1) is 14.2. The Hall–Kier alpha value is -2.14. The summed E-state index contributed by atoms with van der Waals surface area (Å²) in [5.74, 6) is 0.659. The predicted molar refractivity (Wildman–Crippen MR) is 130 cm³/mol. The molecule has 2 heterocycles. The van der Waals surface area contributed by atoms with Gasteiger partial charge in [-0.15, -0.1) is 24.0 Å². The van der Waals surface area contributed by atoms with Crippen LogP contribution in [0.25, 0.3) is 6.08 Å². The highest BCUT2D eigenvalue weighted by Gasteiger charge is 2.27. The number of nitrogens with zero attached hydrogens (tertiary/aromatic N) is 4. The van der Waals surface area contributed by atoms with E-state index in [4.69, 9.17) is 0 Å². The van der Waals surface area contributed by atoms with E-state index in [0.29, 0.717) is 13.1 Å². The van der Waals surface area contributed by atoms with E-state index >= 15 is 0 Å². The van der Waals surface area contributed by atoms with Gasteiger partial charge in [-0.05, 0) is 12.5 Å². The van der Waals surface area contributed by atoms with Crippen LogP contribution in [-0.2, 0) is 4.79 Å². The van der Waals surface area contributed by atoms with Gasteiger partial charge in [-0.2, -0.15) is 0 Å². The van der Waals surface area contributed by atoms with Crippen molar-refractivity contribution in [2.24, 2.45) is 4.99 Å². The van der Waals surface area contributed by atoms with Crippen LogP contribution in [0.5, 0.6) is 0 Å². The summed E-state index contributed by atoms with van der Waals surface area (Å²) in [6.07, 6.45) is 4.37. The highest BCUT2D eigenvalue weighted by molar-refractivity contribution is 14.0. The van der Waals surface area contributed by atoms with Crippen molar-refractivity contribution in [2.75, 3.05) is 58.9 Å². The zero-order valence-corrected chi connectivity index (χ0v) is 19.7. The molecule has 0 spiro atoms. The average molecular weight is 526 g/mol. The van der Waals surface area contributed by atoms with Gasteiger partial charge in [-0.1, -0.05) is 42.5 Å². The molecule has 0 atom stereocenters. The highest BCUT2D eigenvalue weighted by Crippen LogP contribution is 2.05. The van der Waals surface area contributed by atoms with Crippen LogP contribution in [0.3, 0.4) is 0 Å². The van der Waals surface area contributed by atoms with Crippen LogP contribution in [0.1, 0.15) is 12.5 Å². The molecule has 2 aliphatic rings. The van der Waals surface area contributed by atoms with Gasteiger partial charge in [0.1, 0.15) is 0 Å². The second-order valence-corrected chi connectivity index (χ2v) is 7.04. The Balaban J connectivity index is 0.00000320. The number of amides is 3. The summed E-state index contributed by atoms with van der Waals surface area (Å²) in [6.45, 7) is 8.28. The van der Waals surface area contributed by atoms with E-state index in [1.807, 2.05) is 25.1 Å². The number of imide groups is 1. The van der Waals surface area contributed by atoms with Crippen molar-refractivity contribution in [1.29, 1.82) is 0 Å². The lowest BCUT2D eigenvalue weighted by Gasteiger charge is -2.36.